The van der Waals surface area contributed by atoms with Gasteiger partial charge in [-0.25, -0.2) is 21.2 Å². The zero-order chi connectivity index (χ0) is 28.3. The molecule has 200 valence electrons. The third kappa shape index (κ3) is 5.66. The third-order valence-corrected chi connectivity index (χ3v) is 9.49. The maximum absolute atomic E-state index is 14.5. The number of carbonyl (C=O) groups excluding carboxylic acids is 1. The Hall–Kier alpha value is -4.28. The first-order valence-electron chi connectivity index (χ1n) is 10.4. The summed E-state index contributed by atoms with van der Waals surface area (Å²) in [4.78, 5) is 30.1. The molecule has 13 nitrogen and oxygen atoms in total. The highest BCUT2D eigenvalue weighted by molar-refractivity contribution is 8.04. The smallest absolute Gasteiger partial charge is 0.308 e. The number of nitro groups is 2. The molecule has 0 heterocycles. The number of nitro benzene ring substituents is 2. The van der Waals surface area contributed by atoms with Crippen molar-refractivity contribution < 1.29 is 40.6 Å². The Labute approximate surface area is 215 Å². The summed E-state index contributed by atoms with van der Waals surface area (Å²) in [6, 6.07) is 9.57. The highest BCUT2D eigenvalue weighted by Gasteiger charge is 2.45. The lowest BCUT2D eigenvalue weighted by atomic mass is 10.1. The molecule has 0 aliphatic rings. The molecule has 3 aromatic carbocycles. The van der Waals surface area contributed by atoms with Gasteiger partial charge in [-0.1, -0.05) is 28.0 Å². The Morgan fingerprint density at radius 2 is 1.47 bits per heavy atom. The zero-order valence-corrected chi connectivity index (χ0v) is 21.0. The highest BCUT2D eigenvalue weighted by Crippen LogP contribution is 2.38. The molecule has 0 N–H and O–H groups in total. The van der Waals surface area contributed by atoms with Gasteiger partial charge in [-0.05, 0) is 35.9 Å². The quantitative estimate of drug-likeness (QED) is 0.152. The minimum absolute atomic E-state index is 0.00480. The van der Waals surface area contributed by atoms with Gasteiger partial charge in [0.05, 0.1) is 20.8 Å². The van der Waals surface area contributed by atoms with Crippen molar-refractivity contribution in [3.8, 4) is 5.75 Å². The molecule has 3 rings (SSSR count). The number of hydrogen-bond donors (Lipinski definition) is 0. The van der Waals surface area contributed by atoms with E-state index in [1.807, 2.05) is 0 Å². The molecule has 0 spiro atoms. The summed E-state index contributed by atoms with van der Waals surface area (Å²) in [7, 11) is -10.6. The number of esters is 1. The molecule has 0 aromatic heterocycles. The minimum atomic E-state index is -5.35. The van der Waals surface area contributed by atoms with Crippen LogP contribution in [0.1, 0.15) is 18.5 Å². The molecule has 0 amide bonds. The van der Waals surface area contributed by atoms with Crippen LogP contribution >= 0.6 is 0 Å². The largest absolute Gasteiger partial charge is 0.427 e. The molecular weight excluding hydrogens is 549 g/mol. The SMILES string of the molecule is CC(=O)Oc1ccc(C(CF)N(S(=O)(=O)c2ccc([N+](=O)[O-])cc2)S(=O)(=O)c2ccccc2[N+](=O)[O-])cc1. The van der Waals surface area contributed by atoms with Gasteiger partial charge in [-0.3, -0.25) is 25.0 Å². The van der Waals surface area contributed by atoms with E-state index in [0.717, 1.165) is 67.6 Å². The Bertz CT molecular complexity index is 1590. The number of rotatable bonds is 10. The number of sulfonamides is 2. The van der Waals surface area contributed by atoms with E-state index in [2.05, 4.69) is 0 Å². The average molecular weight is 568 g/mol. The molecule has 38 heavy (non-hydrogen) atoms. The number of non-ortho nitro benzene ring substituents is 1. The summed E-state index contributed by atoms with van der Waals surface area (Å²) in [5.41, 5.74) is -1.66. The summed E-state index contributed by atoms with van der Waals surface area (Å²) < 4.78 is 74.0. The standard InChI is InChI=1S/C22H18FN3O10S2/c1-15(27)36-18-10-6-16(7-11-18)21(14-23)26(37(32,33)19-12-8-17(9-13-19)24(28)29)38(34,35)22-5-3-2-4-20(22)25(30)31/h2-13,21H,14H2,1H3. The van der Waals surface area contributed by atoms with Gasteiger partial charge in [-0.15, -0.1) is 0 Å². The van der Waals surface area contributed by atoms with Gasteiger partial charge in [0.25, 0.3) is 31.4 Å². The molecule has 0 fully saturated rings. The van der Waals surface area contributed by atoms with E-state index in [9.17, 15) is 46.2 Å². The highest BCUT2D eigenvalue weighted by atomic mass is 32.3. The number of benzene rings is 3. The van der Waals surface area contributed by atoms with E-state index < -0.39 is 69.7 Å². The van der Waals surface area contributed by atoms with Crippen molar-refractivity contribution in [3.63, 3.8) is 0 Å². The lowest BCUT2D eigenvalue weighted by molar-refractivity contribution is -0.387. The van der Waals surface area contributed by atoms with Crippen LogP contribution in [-0.2, 0) is 24.8 Å². The zero-order valence-electron chi connectivity index (χ0n) is 19.3. The fourth-order valence-electron chi connectivity index (χ4n) is 3.42. The fraction of sp³-hybridized carbons (Fsp3) is 0.136. The average Bonchev–Trinajstić information content (AvgIpc) is 2.87. The van der Waals surface area contributed by atoms with Crippen LogP contribution in [0.15, 0.2) is 82.6 Å². The fourth-order valence-corrected chi connectivity index (χ4v) is 7.52. The van der Waals surface area contributed by atoms with Gasteiger partial charge < -0.3 is 4.74 Å². The Kier molecular flexibility index (Phi) is 8.19. The molecule has 1 atom stereocenters. The second kappa shape index (κ2) is 11.0. The van der Waals surface area contributed by atoms with E-state index in [1.54, 1.807) is 0 Å². The molecule has 16 heteroatoms. The first-order valence-corrected chi connectivity index (χ1v) is 13.3. The van der Waals surface area contributed by atoms with Gasteiger partial charge in [0.2, 0.25) is 0 Å². The predicted octanol–water partition coefficient (Wildman–Crippen LogP) is 3.52. The molecule has 0 aliphatic carbocycles. The molecule has 0 saturated carbocycles. The van der Waals surface area contributed by atoms with Crippen molar-refractivity contribution in [3.05, 3.63) is 98.6 Å². The maximum atomic E-state index is 14.5. The van der Waals surface area contributed by atoms with Crippen LogP contribution in [0.2, 0.25) is 0 Å². The van der Waals surface area contributed by atoms with E-state index in [4.69, 9.17) is 4.74 Å². The molecule has 0 aliphatic heterocycles. The summed E-state index contributed by atoms with van der Waals surface area (Å²) in [5.74, 6) is -0.675. The van der Waals surface area contributed by atoms with Crippen LogP contribution in [0.3, 0.4) is 0 Å². The number of ether oxygens (including phenoxy) is 1. The normalized spacial score (nSPS) is 12.6. The molecule has 0 saturated heterocycles. The van der Waals surface area contributed by atoms with Crippen LogP contribution in [0.25, 0.3) is 0 Å². The number of hydrogen-bond acceptors (Lipinski definition) is 10. The van der Waals surface area contributed by atoms with Crippen LogP contribution in [-0.4, -0.2) is 43.0 Å². The van der Waals surface area contributed by atoms with Crippen molar-refractivity contribution >= 4 is 37.4 Å². The molecule has 1 unspecified atom stereocenters. The van der Waals surface area contributed by atoms with Gasteiger partial charge in [0.1, 0.15) is 12.4 Å². The molecule has 3 aromatic rings. The molecule has 0 radical (unpaired) electrons. The molecular formula is C22H18FN3O10S2. The number of para-hydroxylation sites is 1. The first-order chi connectivity index (χ1) is 17.8. The van der Waals surface area contributed by atoms with Crippen molar-refractivity contribution in [1.29, 1.82) is 0 Å². The van der Waals surface area contributed by atoms with E-state index in [1.165, 1.54) is 12.1 Å². The van der Waals surface area contributed by atoms with Crippen LogP contribution in [0, 0.1) is 20.2 Å². The summed E-state index contributed by atoms with van der Waals surface area (Å²) >= 11 is 0. The van der Waals surface area contributed by atoms with E-state index in [-0.39, 0.29) is 15.0 Å². The Morgan fingerprint density at radius 1 is 0.895 bits per heavy atom. The first kappa shape index (κ1) is 28.3. The van der Waals surface area contributed by atoms with Crippen molar-refractivity contribution in [2.45, 2.75) is 22.8 Å². The molecule has 0 bridgehead atoms. The summed E-state index contributed by atoms with van der Waals surface area (Å²) in [5, 5.41) is 22.5. The maximum Gasteiger partial charge on any atom is 0.308 e. The third-order valence-electron chi connectivity index (χ3n) is 5.09. The summed E-state index contributed by atoms with van der Waals surface area (Å²) in [6.45, 7) is -0.477. The van der Waals surface area contributed by atoms with Crippen molar-refractivity contribution in [2.24, 2.45) is 0 Å². The minimum Gasteiger partial charge on any atom is -0.427 e. The van der Waals surface area contributed by atoms with Crippen molar-refractivity contribution in [2.75, 3.05) is 6.67 Å². The number of carbonyl (C=O) groups is 1. The van der Waals surface area contributed by atoms with Crippen LogP contribution in [0.5, 0.6) is 5.75 Å². The monoisotopic (exact) mass is 567 g/mol. The number of nitrogens with zero attached hydrogens (tertiary/aromatic N) is 3. The number of halogens is 1. The van der Waals surface area contributed by atoms with E-state index in [0.29, 0.717) is 0 Å². The van der Waals surface area contributed by atoms with Crippen molar-refractivity contribution in [1.82, 2.24) is 3.71 Å². The second-order valence-electron chi connectivity index (χ2n) is 7.54. The second-order valence-corrected chi connectivity index (χ2v) is 11.4. The van der Waals surface area contributed by atoms with Gasteiger partial charge in [0.15, 0.2) is 4.90 Å². The Balaban J connectivity index is 2.27. The van der Waals surface area contributed by atoms with Crippen LogP contribution in [0.4, 0.5) is 15.8 Å². The summed E-state index contributed by atoms with van der Waals surface area (Å²) in [6.07, 6.45) is 0. The number of alkyl halides is 1. The van der Waals surface area contributed by atoms with E-state index >= 15 is 0 Å². The van der Waals surface area contributed by atoms with Gasteiger partial charge in [-0.2, -0.15) is 0 Å². The lowest BCUT2D eigenvalue weighted by Crippen LogP contribution is -2.41. The van der Waals surface area contributed by atoms with Gasteiger partial charge >= 0.3 is 5.97 Å². The van der Waals surface area contributed by atoms with Crippen LogP contribution < -0.4 is 4.74 Å². The predicted molar refractivity (Wildman–Crippen MR) is 129 cm³/mol. The Morgan fingerprint density at radius 3 is 1.97 bits per heavy atom. The topological polar surface area (TPSA) is 184 Å². The lowest BCUT2D eigenvalue weighted by Gasteiger charge is -2.28. The van der Waals surface area contributed by atoms with Gasteiger partial charge in [0, 0.05) is 25.1 Å².